The van der Waals surface area contributed by atoms with Gasteiger partial charge in [0, 0.05) is 37.6 Å². The molecule has 1 atom stereocenters. The maximum absolute atomic E-state index is 11.6. The molecule has 0 fully saturated rings. The second kappa shape index (κ2) is 11.5. The van der Waals surface area contributed by atoms with Crippen LogP contribution < -0.4 is 10.6 Å². The van der Waals surface area contributed by atoms with Crippen molar-refractivity contribution in [1.82, 2.24) is 14.9 Å². The van der Waals surface area contributed by atoms with Crippen molar-refractivity contribution < 1.29 is 8.42 Å². The fourth-order valence-corrected chi connectivity index (χ4v) is 4.25. The Kier molecular flexibility index (Phi) is 10.1. The van der Waals surface area contributed by atoms with E-state index in [9.17, 15) is 8.42 Å². The van der Waals surface area contributed by atoms with Crippen molar-refractivity contribution in [3.8, 4) is 0 Å². The molecule has 0 aliphatic carbocycles. The third-order valence-corrected chi connectivity index (χ3v) is 6.01. The highest BCUT2D eigenvalue weighted by atomic mass is 32.2. The Morgan fingerprint density at radius 1 is 1.36 bits per heavy atom. The van der Waals surface area contributed by atoms with Crippen LogP contribution in [-0.4, -0.2) is 57.7 Å². The second-order valence-corrected chi connectivity index (χ2v) is 9.16. The Balaban J connectivity index is 2.39. The molecule has 1 aromatic rings. The monoisotopic (exact) mass is 388 g/mol. The summed E-state index contributed by atoms with van der Waals surface area (Å²) < 4.78 is 24.6. The molecule has 25 heavy (non-hydrogen) atoms. The normalized spacial score (nSPS) is 13.9. The van der Waals surface area contributed by atoms with Gasteiger partial charge < -0.3 is 10.6 Å². The van der Waals surface area contributed by atoms with Crippen LogP contribution in [0.2, 0.25) is 0 Å². The van der Waals surface area contributed by atoms with E-state index in [0.717, 1.165) is 31.9 Å². The van der Waals surface area contributed by atoms with Crippen LogP contribution in [0.3, 0.4) is 0 Å². The van der Waals surface area contributed by atoms with Gasteiger partial charge in [0.15, 0.2) is 5.96 Å². The van der Waals surface area contributed by atoms with Gasteiger partial charge in [-0.1, -0.05) is 19.9 Å². The molecule has 6 nitrogen and oxygen atoms in total. The van der Waals surface area contributed by atoms with Gasteiger partial charge in [-0.25, -0.2) is 12.7 Å². The SMILES string of the molecule is CCNC(=NCC(C)Cc1cccs1)NCCCN(CC)S(C)(=O)=O. The van der Waals surface area contributed by atoms with Crippen molar-refractivity contribution >= 4 is 27.3 Å². The van der Waals surface area contributed by atoms with Gasteiger partial charge in [0.2, 0.25) is 10.0 Å². The van der Waals surface area contributed by atoms with Crippen LogP contribution in [0.5, 0.6) is 0 Å². The maximum Gasteiger partial charge on any atom is 0.211 e. The van der Waals surface area contributed by atoms with E-state index >= 15 is 0 Å². The highest BCUT2D eigenvalue weighted by Crippen LogP contribution is 2.14. The minimum atomic E-state index is -3.11. The third kappa shape index (κ3) is 9.23. The van der Waals surface area contributed by atoms with Crippen molar-refractivity contribution in [1.29, 1.82) is 0 Å². The number of aliphatic imine (C=N–C) groups is 1. The first-order valence-corrected chi connectivity index (χ1v) is 11.6. The molecule has 2 N–H and O–H groups in total. The molecule has 0 aromatic carbocycles. The fraction of sp³-hybridized carbons (Fsp3) is 0.706. The Hall–Kier alpha value is -1.12. The van der Waals surface area contributed by atoms with Crippen molar-refractivity contribution in [2.24, 2.45) is 10.9 Å². The van der Waals surface area contributed by atoms with Crippen LogP contribution in [0.15, 0.2) is 22.5 Å². The molecule has 0 spiro atoms. The summed E-state index contributed by atoms with van der Waals surface area (Å²) in [7, 11) is -3.11. The molecule has 0 saturated carbocycles. The number of nitrogens with zero attached hydrogens (tertiary/aromatic N) is 2. The van der Waals surface area contributed by atoms with E-state index in [1.807, 2.05) is 13.8 Å². The summed E-state index contributed by atoms with van der Waals surface area (Å²) in [5.74, 6) is 1.28. The highest BCUT2D eigenvalue weighted by molar-refractivity contribution is 7.88. The summed E-state index contributed by atoms with van der Waals surface area (Å²) in [6.45, 7) is 9.38. The van der Waals surface area contributed by atoms with E-state index in [4.69, 9.17) is 0 Å². The van der Waals surface area contributed by atoms with Crippen LogP contribution in [0, 0.1) is 5.92 Å². The summed E-state index contributed by atoms with van der Waals surface area (Å²) in [5.41, 5.74) is 0. The zero-order valence-corrected chi connectivity index (χ0v) is 17.4. The smallest absolute Gasteiger partial charge is 0.211 e. The third-order valence-electron chi connectivity index (χ3n) is 3.73. The zero-order valence-electron chi connectivity index (χ0n) is 15.8. The quantitative estimate of drug-likeness (QED) is 0.346. The topological polar surface area (TPSA) is 73.8 Å². The largest absolute Gasteiger partial charge is 0.357 e. The molecule has 1 aromatic heterocycles. The number of sulfonamides is 1. The summed E-state index contributed by atoms with van der Waals surface area (Å²) in [6, 6.07) is 4.24. The van der Waals surface area contributed by atoms with Crippen LogP contribution in [0.4, 0.5) is 0 Å². The standard InChI is InChI=1S/C17H32N4O2S2/c1-5-18-17(19-10-8-11-21(6-2)25(4,22)23)20-14-15(3)13-16-9-7-12-24-16/h7,9,12,15H,5-6,8,10-11,13-14H2,1-4H3,(H2,18,19,20). The number of hydrogen-bond donors (Lipinski definition) is 2. The summed E-state index contributed by atoms with van der Waals surface area (Å²) in [4.78, 5) is 6.04. The minimum absolute atomic E-state index is 0.481. The summed E-state index contributed by atoms with van der Waals surface area (Å²) in [5, 5.41) is 8.63. The molecule has 1 heterocycles. The first-order valence-electron chi connectivity index (χ1n) is 8.86. The Morgan fingerprint density at radius 3 is 2.68 bits per heavy atom. The predicted molar refractivity (Wildman–Crippen MR) is 108 cm³/mol. The number of thiophene rings is 1. The van der Waals surface area contributed by atoms with E-state index in [1.165, 1.54) is 15.4 Å². The van der Waals surface area contributed by atoms with Crippen molar-refractivity contribution in [2.75, 3.05) is 39.0 Å². The molecule has 8 heteroatoms. The van der Waals surface area contributed by atoms with Gasteiger partial charge in [-0.05, 0) is 37.1 Å². The van der Waals surface area contributed by atoms with E-state index < -0.39 is 10.0 Å². The lowest BCUT2D eigenvalue weighted by molar-refractivity contribution is 0.424. The van der Waals surface area contributed by atoms with Gasteiger partial charge in [-0.15, -0.1) is 11.3 Å². The van der Waals surface area contributed by atoms with Gasteiger partial charge in [0.05, 0.1) is 6.26 Å². The van der Waals surface area contributed by atoms with E-state index in [-0.39, 0.29) is 0 Å². The van der Waals surface area contributed by atoms with E-state index in [2.05, 4.69) is 40.1 Å². The van der Waals surface area contributed by atoms with Gasteiger partial charge in [-0.2, -0.15) is 0 Å². The van der Waals surface area contributed by atoms with Gasteiger partial charge >= 0.3 is 0 Å². The molecule has 0 saturated heterocycles. The van der Waals surface area contributed by atoms with Crippen LogP contribution >= 0.6 is 11.3 Å². The van der Waals surface area contributed by atoms with Crippen molar-refractivity contribution in [3.05, 3.63) is 22.4 Å². The first-order chi connectivity index (χ1) is 11.9. The maximum atomic E-state index is 11.6. The predicted octanol–water partition coefficient (Wildman–Crippen LogP) is 2.15. The molecular formula is C17H32N4O2S2. The Morgan fingerprint density at radius 2 is 2.12 bits per heavy atom. The molecule has 0 radical (unpaired) electrons. The molecule has 0 aliphatic heterocycles. The number of rotatable bonds is 11. The average Bonchev–Trinajstić information content (AvgIpc) is 3.04. The molecule has 0 aliphatic rings. The average molecular weight is 389 g/mol. The minimum Gasteiger partial charge on any atom is -0.357 e. The molecule has 1 unspecified atom stereocenters. The van der Waals surface area contributed by atoms with Gasteiger partial charge in [-0.3, -0.25) is 4.99 Å². The van der Waals surface area contributed by atoms with Crippen LogP contribution in [0.25, 0.3) is 0 Å². The zero-order chi connectivity index (χ0) is 18.7. The molecular weight excluding hydrogens is 356 g/mol. The number of nitrogens with one attached hydrogen (secondary N) is 2. The summed E-state index contributed by atoms with van der Waals surface area (Å²) >= 11 is 1.79. The van der Waals surface area contributed by atoms with Crippen LogP contribution in [0.1, 0.15) is 32.1 Å². The van der Waals surface area contributed by atoms with Gasteiger partial charge in [0.25, 0.3) is 0 Å². The Bertz CT molecular complexity index is 600. The van der Waals surface area contributed by atoms with Crippen molar-refractivity contribution in [3.63, 3.8) is 0 Å². The second-order valence-electron chi connectivity index (χ2n) is 6.14. The molecule has 144 valence electrons. The highest BCUT2D eigenvalue weighted by Gasteiger charge is 2.13. The van der Waals surface area contributed by atoms with Gasteiger partial charge in [0.1, 0.15) is 0 Å². The fourth-order valence-electron chi connectivity index (χ4n) is 2.45. The lowest BCUT2D eigenvalue weighted by Gasteiger charge is -2.18. The first kappa shape index (κ1) is 21.9. The van der Waals surface area contributed by atoms with E-state index in [1.54, 1.807) is 11.3 Å². The molecule has 0 bridgehead atoms. The molecule has 0 amide bonds. The van der Waals surface area contributed by atoms with Crippen molar-refractivity contribution in [2.45, 2.75) is 33.6 Å². The van der Waals surface area contributed by atoms with Crippen LogP contribution in [-0.2, 0) is 16.4 Å². The molecule has 1 rings (SSSR count). The Labute approximate surface area is 156 Å². The lowest BCUT2D eigenvalue weighted by atomic mass is 10.1. The summed E-state index contributed by atoms with van der Waals surface area (Å²) in [6.07, 6.45) is 3.04. The van der Waals surface area contributed by atoms with E-state index in [0.29, 0.717) is 25.6 Å². The number of hydrogen-bond acceptors (Lipinski definition) is 4. The lowest BCUT2D eigenvalue weighted by Crippen LogP contribution is -2.39. The number of guanidine groups is 1.